The molecule has 0 radical (unpaired) electrons. The summed E-state index contributed by atoms with van der Waals surface area (Å²) < 4.78 is 6.07. The average molecular weight is 265 g/mol. The van der Waals surface area contributed by atoms with Gasteiger partial charge in [-0.25, -0.2) is 0 Å². The lowest BCUT2D eigenvalue weighted by Crippen LogP contribution is -2.44. The summed E-state index contributed by atoms with van der Waals surface area (Å²) in [4.78, 5) is 0. The molecule has 1 saturated carbocycles. The summed E-state index contributed by atoms with van der Waals surface area (Å²) in [6.07, 6.45) is 15.8. The van der Waals surface area contributed by atoms with Crippen LogP contribution in [0.4, 0.5) is 0 Å². The standard InChI is InChI=1S/C17H31NO/c1-2-19-17(15-12-8-5-9-13-15)16(18)14-10-6-3-4-7-11-14/h10,15-17H,2-9,11-13,18H2,1H3. The van der Waals surface area contributed by atoms with E-state index in [2.05, 4.69) is 13.0 Å². The predicted molar refractivity (Wildman–Crippen MR) is 81.1 cm³/mol. The number of ether oxygens (including phenoxy) is 1. The molecule has 2 atom stereocenters. The molecule has 0 aromatic heterocycles. The second kappa shape index (κ2) is 8.06. The van der Waals surface area contributed by atoms with Crippen LogP contribution in [0.5, 0.6) is 0 Å². The lowest BCUT2D eigenvalue weighted by atomic mass is 9.80. The van der Waals surface area contributed by atoms with E-state index in [1.165, 1.54) is 69.8 Å². The van der Waals surface area contributed by atoms with Crippen molar-refractivity contribution in [2.24, 2.45) is 11.7 Å². The van der Waals surface area contributed by atoms with E-state index in [1.54, 1.807) is 0 Å². The summed E-state index contributed by atoms with van der Waals surface area (Å²) in [6.45, 7) is 2.90. The Labute approximate surface area is 118 Å². The van der Waals surface area contributed by atoms with E-state index in [-0.39, 0.29) is 12.1 Å². The minimum absolute atomic E-state index is 0.140. The molecule has 0 aromatic rings. The third-order valence-corrected chi connectivity index (χ3v) is 4.83. The Morgan fingerprint density at radius 1 is 1.16 bits per heavy atom. The first-order valence-electron chi connectivity index (χ1n) is 8.39. The average Bonchev–Trinajstić information content (AvgIpc) is 2.74. The van der Waals surface area contributed by atoms with Crippen molar-refractivity contribution < 1.29 is 4.74 Å². The Morgan fingerprint density at radius 2 is 1.89 bits per heavy atom. The van der Waals surface area contributed by atoms with Crippen LogP contribution >= 0.6 is 0 Å². The third-order valence-electron chi connectivity index (χ3n) is 4.83. The summed E-state index contributed by atoms with van der Waals surface area (Å²) in [5.41, 5.74) is 8.06. The number of hydrogen-bond donors (Lipinski definition) is 1. The van der Waals surface area contributed by atoms with Gasteiger partial charge in [0.1, 0.15) is 0 Å². The molecule has 2 nitrogen and oxygen atoms in total. The van der Waals surface area contributed by atoms with Crippen LogP contribution in [0.25, 0.3) is 0 Å². The van der Waals surface area contributed by atoms with Gasteiger partial charge in [-0.1, -0.05) is 37.3 Å². The van der Waals surface area contributed by atoms with Crippen molar-refractivity contribution in [3.05, 3.63) is 11.6 Å². The van der Waals surface area contributed by atoms with Crippen LogP contribution in [0.15, 0.2) is 11.6 Å². The van der Waals surface area contributed by atoms with Crippen LogP contribution in [0, 0.1) is 5.92 Å². The van der Waals surface area contributed by atoms with Gasteiger partial charge >= 0.3 is 0 Å². The molecular formula is C17H31NO. The Balaban J connectivity index is 2.01. The van der Waals surface area contributed by atoms with Gasteiger partial charge in [0.05, 0.1) is 12.1 Å². The second-order valence-corrected chi connectivity index (χ2v) is 6.22. The van der Waals surface area contributed by atoms with Crippen LogP contribution in [0.1, 0.15) is 71.1 Å². The Bertz CT molecular complexity index is 281. The van der Waals surface area contributed by atoms with Gasteiger partial charge in [0.15, 0.2) is 0 Å². The van der Waals surface area contributed by atoms with Crippen LogP contribution < -0.4 is 5.73 Å². The summed E-state index contributed by atoms with van der Waals surface area (Å²) in [7, 11) is 0. The highest BCUT2D eigenvalue weighted by molar-refractivity contribution is 5.14. The molecular weight excluding hydrogens is 234 g/mol. The summed E-state index contributed by atoms with van der Waals surface area (Å²) in [6, 6.07) is 0.140. The zero-order chi connectivity index (χ0) is 13.5. The summed E-state index contributed by atoms with van der Waals surface area (Å²) in [5, 5.41) is 0. The van der Waals surface area contributed by atoms with Gasteiger partial charge < -0.3 is 10.5 Å². The first-order chi connectivity index (χ1) is 9.33. The number of rotatable bonds is 5. The Hall–Kier alpha value is -0.340. The summed E-state index contributed by atoms with van der Waals surface area (Å²) in [5.74, 6) is 0.688. The molecule has 2 heteroatoms. The normalized spacial score (nSPS) is 25.5. The minimum atomic E-state index is 0.140. The first-order valence-corrected chi connectivity index (χ1v) is 8.39. The largest absolute Gasteiger partial charge is 0.376 e. The lowest BCUT2D eigenvalue weighted by molar-refractivity contribution is -0.00286. The van der Waals surface area contributed by atoms with Crippen molar-refractivity contribution in [3.63, 3.8) is 0 Å². The number of nitrogens with two attached hydrogens (primary N) is 1. The van der Waals surface area contributed by atoms with Crippen molar-refractivity contribution in [3.8, 4) is 0 Å². The maximum Gasteiger partial charge on any atom is 0.0792 e. The molecule has 0 spiro atoms. The molecule has 2 N–H and O–H groups in total. The predicted octanol–water partition coefficient (Wildman–Crippen LogP) is 4.19. The molecule has 0 aromatic carbocycles. The zero-order valence-electron chi connectivity index (χ0n) is 12.6. The quantitative estimate of drug-likeness (QED) is 0.756. The summed E-state index contributed by atoms with van der Waals surface area (Å²) >= 11 is 0. The lowest BCUT2D eigenvalue weighted by Gasteiger charge is -2.35. The molecule has 19 heavy (non-hydrogen) atoms. The van der Waals surface area contributed by atoms with E-state index >= 15 is 0 Å². The van der Waals surface area contributed by atoms with E-state index in [9.17, 15) is 0 Å². The van der Waals surface area contributed by atoms with Crippen LogP contribution in [0.3, 0.4) is 0 Å². The molecule has 2 unspecified atom stereocenters. The molecule has 2 aliphatic rings. The topological polar surface area (TPSA) is 35.2 Å². The highest BCUT2D eigenvalue weighted by Crippen LogP contribution is 2.32. The highest BCUT2D eigenvalue weighted by Gasteiger charge is 2.30. The smallest absolute Gasteiger partial charge is 0.0792 e. The maximum atomic E-state index is 6.59. The van der Waals surface area contributed by atoms with Crippen molar-refractivity contribution in [1.82, 2.24) is 0 Å². The fourth-order valence-electron chi connectivity index (χ4n) is 3.74. The van der Waals surface area contributed by atoms with Crippen LogP contribution in [0.2, 0.25) is 0 Å². The molecule has 110 valence electrons. The van der Waals surface area contributed by atoms with Gasteiger partial charge in [-0.15, -0.1) is 0 Å². The van der Waals surface area contributed by atoms with E-state index in [1.807, 2.05) is 0 Å². The van der Waals surface area contributed by atoms with E-state index in [0.717, 1.165) is 6.61 Å². The van der Waals surface area contributed by atoms with Gasteiger partial charge in [-0.2, -0.15) is 0 Å². The molecule has 0 bridgehead atoms. The van der Waals surface area contributed by atoms with Gasteiger partial charge in [0, 0.05) is 6.61 Å². The van der Waals surface area contributed by atoms with Crippen LogP contribution in [-0.4, -0.2) is 18.8 Å². The molecule has 0 heterocycles. The molecule has 0 aliphatic heterocycles. The molecule has 0 saturated heterocycles. The first kappa shape index (κ1) is 15.1. The van der Waals surface area contributed by atoms with Crippen LogP contribution in [-0.2, 0) is 4.74 Å². The monoisotopic (exact) mass is 265 g/mol. The number of allylic oxidation sites excluding steroid dienone is 1. The fraction of sp³-hybridized carbons (Fsp3) is 0.882. The van der Waals surface area contributed by atoms with Gasteiger partial charge in [0.25, 0.3) is 0 Å². The van der Waals surface area contributed by atoms with Crippen molar-refractivity contribution in [1.29, 1.82) is 0 Å². The fourth-order valence-corrected chi connectivity index (χ4v) is 3.74. The van der Waals surface area contributed by atoms with Gasteiger partial charge in [-0.3, -0.25) is 0 Å². The van der Waals surface area contributed by atoms with E-state index in [0.29, 0.717) is 5.92 Å². The van der Waals surface area contributed by atoms with Crippen molar-refractivity contribution in [2.45, 2.75) is 83.3 Å². The molecule has 1 fully saturated rings. The highest BCUT2D eigenvalue weighted by atomic mass is 16.5. The van der Waals surface area contributed by atoms with E-state index in [4.69, 9.17) is 10.5 Å². The Morgan fingerprint density at radius 3 is 2.63 bits per heavy atom. The SMILES string of the molecule is CCOC(C1CCCCC1)C(N)C1=CCCCCC1. The number of hydrogen-bond acceptors (Lipinski definition) is 2. The third kappa shape index (κ3) is 4.32. The Kier molecular flexibility index (Phi) is 6.39. The van der Waals surface area contributed by atoms with Crippen molar-refractivity contribution in [2.75, 3.05) is 6.61 Å². The second-order valence-electron chi connectivity index (χ2n) is 6.22. The minimum Gasteiger partial charge on any atom is -0.376 e. The molecule has 2 aliphatic carbocycles. The maximum absolute atomic E-state index is 6.59. The van der Waals surface area contributed by atoms with E-state index < -0.39 is 0 Å². The molecule has 0 amide bonds. The van der Waals surface area contributed by atoms with Gasteiger partial charge in [-0.05, 0) is 51.4 Å². The van der Waals surface area contributed by atoms with Crippen molar-refractivity contribution >= 4 is 0 Å². The zero-order valence-corrected chi connectivity index (χ0v) is 12.6. The van der Waals surface area contributed by atoms with Gasteiger partial charge in [0.2, 0.25) is 0 Å². The molecule has 2 rings (SSSR count).